The van der Waals surface area contributed by atoms with Crippen LogP contribution in [0.25, 0.3) is 44.2 Å². The summed E-state index contributed by atoms with van der Waals surface area (Å²) in [6, 6.07) is 65.6. The van der Waals surface area contributed by atoms with Crippen LogP contribution in [0.4, 0.5) is 0 Å². The molecule has 0 heterocycles. The minimum atomic E-state index is -1.66. The molecule has 0 spiro atoms. The summed E-state index contributed by atoms with van der Waals surface area (Å²) in [5, 5.41) is 29.3. The minimum absolute atomic E-state index is 0.649. The average Bonchev–Trinajstić information content (AvgIpc) is 3.20. The van der Waals surface area contributed by atoms with Crippen LogP contribution < -0.4 is 0 Å². The molecule has 0 aromatic heterocycles. The summed E-state index contributed by atoms with van der Waals surface area (Å²) in [5.74, 6) is 0. The highest BCUT2D eigenvalue weighted by molar-refractivity contribution is 5.91. The van der Waals surface area contributed by atoms with Gasteiger partial charge in [-0.3, -0.25) is 0 Å². The molecule has 0 bridgehead atoms. The van der Waals surface area contributed by atoms with E-state index in [0.29, 0.717) is 22.3 Å². The van der Waals surface area contributed by atoms with Gasteiger partial charge < -0.3 is 10.2 Å². The number of hydrogen-bond acceptors (Lipinski definition) is 2. The van der Waals surface area contributed by atoms with Gasteiger partial charge in [0.05, 0.1) is 0 Å². The van der Waals surface area contributed by atoms with E-state index in [0.717, 1.165) is 55.3 Å². The Morgan fingerprint density at radius 2 is 0.680 bits per heavy atom. The molecule has 2 N–H and O–H groups in total. The molecule has 0 radical (unpaired) electrons. The van der Waals surface area contributed by atoms with E-state index in [9.17, 15) is 10.2 Å². The predicted octanol–water partition coefficient (Wildman–Crippen LogP) is 10.7. The highest BCUT2D eigenvalue weighted by Crippen LogP contribution is 2.57. The fourth-order valence-electron chi connectivity index (χ4n) is 8.02. The van der Waals surface area contributed by atoms with E-state index in [1.807, 2.05) is 109 Å². The van der Waals surface area contributed by atoms with Gasteiger partial charge in [-0.1, -0.05) is 170 Å². The lowest BCUT2D eigenvalue weighted by atomic mass is 9.61. The van der Waals surface area contributed by atoms with Crippen molar-refractivity contribution < 1.29 is 10.2 Å². The maximum Gasteiger partial charge on any atom is 0.142 e. The third kappa shape index (κ3) is 4.58. The molecule has 8 aromatic carbocycles. The van der Waals surface area contributed by atoms with E-state index < -0.39 is 11.2 Å². The molecular weight excluding hydrogens is 609 g/mol. The van der Waals surface area contributed by atoms with Gasteiger partial charge >= 0.3 is 0 Å². The van der Waals surface area contributed by atoms with Crippen LogP contribution in [0.2, 0.25) is 0 Å². The van der Waals surface area contributed by atoms with Gasteiger partial charge in [0.25, 0.3) is 0 Å². The van der Waals surface area contributed by atoms with Crippen molar-refractivity contribution in [2.75, 3.05) is 0 Å². The van der Waals surface area contributed by atoms with Crippen molar-refractivity contribution in [3.63, 3.8) is 0 Å². The Labute approximate surface area is 292 Å². The Hall–Kier alpha value is -6.06. The Kier molecular flexibility index (Phi) is 7.10. The first-order valence-corrected chi connectivity index (χ1v) is 17.1. The molecule has 9 rings (SSSR count). The molecule has 2 unspecified atom stereocenters. The molecule has 8 aromatic rings. The highest BCUT2D eigenvalue weighted by Gasteiger charge is 2.52. The lowest BCUT2D eigenvalue weighted by molar-refractivity contribution is 0.0756. The van der Waals surface area contributed by atoms with Crippen LogP contribution in [-0.2, 0) is 11.2 Å². The van der Waals surface area contributed by atoms with Crippen LogP contribution in [0, 0.1) is 0 Å². The van der Waals surface area contributed by atoms with Crippen molar-refractivity contribution in [2.45, 2.75) is 11.2 Å². The number of fused-ring (bicyclic) bond motifs is 3. The Balaban J connectivity index is 1.48. The Morgan fingerprint density at radius 3 is 1.18 bits per heavy atom. The van der Waals surface area contributed by atoms with Crippen molar-refractivity contribution in [2.24, 2.45) is 0 Å². The second-order valence-corrected chi connectivity index (χ2v) is 13.1. The van der Waals surface area contributed by atoms with Crippen molar-refractivity contribution in [1.29, 1.82) is 0 Å². The van der Waals surface area contributed by atoms with E-state index in [4.69, 9.17) is 0 Å². The van der Waals surface area contributed by atoms with Gasteiger partial charge in [0.2, 0.25) is 0 Å². The van der Waals surface area contributed by atoms with Crippen LogP contribution in [0.15, 0.2) is 194 Å². The van der Waals surface area contributed by atoms with Gasteiger partial charge in [0.1, 0.15) is 11.2 Å². The molecule has 2 nitrogen and oxygen atoms in total. The van der Waals surface area contributed by atoms with Crippen LogP contribution in [0.1, 0.15) is 33.4 Å². The number of rotatable bonds is 5. The van der Waals surface area contributed by atoms with E-state index in [-0.39, 0.29) is 0 Å². The predicted molar refractivity (Wildman–Crippen MR) is 204 cm³/mol. The summed E-state index contributed by atoms with van der Waals surface area (Å²) in [6.07, 6.45) is 0. The smallest absolute Gasteiger partial charge is 0.142 e. The van der Waals surface area contributed by atoms with Crippen LogP contribution >= 0.6 is 0 Å². The van der Waals surface area contributed by atoms with Crippen molar-refractivity contribution in [3.05, 3.63) is 228 Å². The van der Waals surface area contributed by atoms with E-state index >= 15 is 0 Å². The summed E-state index contributed by atoms with van der Waals surface area (Å²) in [5.41, 5.74) is 6.94. The summed E-state index contributed by atoms with van der Waals surface area (Å²) in [4.78, 5) is 0. The molecule has 238 valence electrons. The quantitative estimate of drug-likeness (QED) is 0.196. The monoisotopic (exact) mass is 642 g/mol. The fraction of sp³-hybridized carbons (Fsp3) is 0.0417. The summed E-state index contributed by atoms with van der Waals surface area (Å²) in [6.45, 7) is 0. The lowest BCUT2D eigenvalue weighted by Crippen LogP contribution is -2.44. The fourth-order valence-corrected chi connectivity index (χ4v) is 8.02. The van der Waals surface area contributed by atoms with Crippen molar-refractivity contribution in [1.82, 2.24) is 0 Å². The molecule has 0 saturated carbocycles. The molecule has 1 aliphatic carbocycles. The van der Waals surface area contributed by atoms with Gasteiger partial charge in [-0.2, -0.15) is 0 Å². The molecule has 0 amide bonds. The normalized spacial score (nSPS) is 18.0. The first-order valence-electron chi connectivity index (χ1n) is 17.1. The van der Waals surface area contributed by atoms with Crippen molar-refractivity contribution in [3.8, 4) is 33.4 Å². The zero-order chi connectivity index (χ0) is 33.7. The van der Waals surface area contributed by atoms with Gasteiger partial charge in [-0.05, 0) is 85.1 Å². The number of aliphatic hydroxyl groups is 2. The molecule has 1 aliphatic rings. The molecule has 0 fully saturated rings. The minimum Gasteiger partial charge on any atom is -0.376 e. The maximum absolute atomic E-state index is 14.1. The van der Waals surface area contributed by atoms with Crippen LogP contribution in [0.5, 0.6) is 0 Å². The van der Waals surface area contributed by atoms with E-state index in [1.54, 1.807) is 0 Å². The Morgan fingerprint density at radius 1 is 0.300 bits per heavy atom. The Bertz CT molecular complexity index is 2430. The second kappa shape index (κ2) is 11.8. The SMILES string of the molecule is OC1(c2ccccc2)c2ccccc2C(O)(c2c(-c3ccccc3)cc(-c3ccccc3)cc2-c2ccccc2)c2cc3ccccc3cc21. The van der Waals surface area contributed by atoms with Crippen molar-refractivity contribution >= 4 is 10.8 Å². The van der Waals surface area contributed by atoms with Gasteiger partial charge in [-0.15, -0.1) is 0 Å². The second-order valence-electron chi connectivity index (χ2n) is 13.1. The molecule has 2 atom stereocenters. The number of hydrogen-bond donors (Lipinski definition) is 2. The van der Waals surface area contributed by atoms with Gasteiger partial charge in [0.15, 0.2) is 0 Å². The molecule has 0 saturated heterocycles. The molecule has 2 heteroatoms. The van der Waals surface area contributed by atoms with Crippen LogP contribution in [0.3, 0.4) is 0 Å². The molecule has 0 aliphatic heterocycles. The average molecular weight is 643 g/mol. The largest absolute Gasteiger partial charge is 0.376 e. The topological polar surface area (TPSA) is 40.5 Å². The molecular formula is C48H34O2. The summed E-state index contributed by atoms with van der Waals surface area (Å²) in [7, 11) is 0. The summed E-state index contributed by atoms with van der Waals surface area (Å²) < 4.78 is 0. The van der Waals surface area contributed by atoms with Crippen LogP contribution in [-0.4, -0.2) is 10.2 Å². The first kappa shape index (κ1) is 30.0. The maximum atomic E-state index is 14.1. The standard InChI is InChI=1S/C48H34O2/c49-47(39-25-11-4-12-26-39)42-27-15-16-28-43(42)48(50,45-32-37-24-14-13-23-36(37)31-44(45)47)46-40(34-19-7-2-8-20-34)29-38(33-17-5-1-6-18-33)30-41(46)35-21-9-3-10-22-35/h1-32,49-50H. The zero-order valence-corrected chi connectivity index (χ0v) is 27.4. The third-order valence-corrected chi connectivity index (χ3v) is 10.3. The summed E-state index contributed by atoms with van der Waals surface area (Å²) >= 11 is 0. The lowest BCUT2D eigenvalue weighted by Gasteiger charge is -2.46. The van der Waals surface area contributed by atoms with Gasteiger partial charge in [0, 0.05) is 16.7 Å². The first-order chi connectivity index (χ1) is 24.6. The zero-order valence-electron chi connectivity index (χ0n) is 27.4. The van der Waals surface area contributed by atoms with E-state index in [2.05, 4.69) is 84.9 Å². The van der Waals surface area contributed by atoms with Gasteiger partial charge in [-0.25, -0.2) is 0 Å². The molecule has 50 heavy (non-hydrogen) atoms. The number of benzene rings is 8. The third-order valence-electron chi connectivity index (χ3n) is 10.3. The highest BCUT2D eigenvalue weighted by atomic mass is 16.3. The van der Waals surface area contributed by atoms with E-state index in [1.165, 1.54) is 0 Å².